The highest BCUT2D eigenvalue weighted by Crippen LogP contribution is 2.32. The highest BCUT2D eigenvalue weighted by Gasteiger charge is 2.22. The van der Waals surface area contributed by atoms with Gasteiger partial charge in [-0.05, 0) is 33.6 Å². The number of hydrogen-bond acceptors (Lipinski definition) is 4. The van der Waals surface area contributed by atoms with Gasteiger partial charge < -0.3 is 9.84 Å². The van der Waals surface area contributed by atoms with Crippen molar-refractivity contribution in [2.75, 3.05) is 6.54 Å². The minimum absolute atomic E-state index is 0.147. The summed E-state index contributed by atoms with van der Waals surface area (Å²) in [5.41, 5.74) is 0.147. The van der Waals surface area contributed by atoms with E-state index in [2.05, 4.69) is 36.2 Å². The Hall–Kier alpha value is -0.900. The number of nitrogens with zero attached hydrogens (tertiary/aromatic N) is 2. The van der Waals surface area contributed by atoms with E-state index in [9.17, 15) is 0 Å². The SMILES string of the molecule is CC(C)(C)NCCc1nc(C2CCCC2)no1. The molecular formula is C13H23N3O. The molecule has 1 saturated carbocycles. The van der Waals surface area contributed by atoms with Gasteiger partial charge in [-0.1, -0.05) is 18.0 Å². The lowest BCUT2D eigenvalue weighted by Gasteiger charge is -2.19. The van der Waals surface area contributed by atoms with E-state index < -0.39 is 0 Å². The molecule has 0 bridgehead atoms. The molecule has 0 saturated heterocycles. The Balaban J connectivity index is 1.81. The molecule has 0 aromatic carbocycles. The highest BCUT2D eigenvalue weighted by molar-refractivity contribution is 4.98. The topological polar surface area (TPSA) is 51.0 Å². The van der Waals surface area contributed by atoms with Crippen LogP contribution in [0.25, 0.3) is 0 Å². The standard InChI is InChI=1S/C13H23N3O/c1-13(2,3)14-9-8-11-15-12(16-17-11)10-6-4-5-7-10/h10,14H,4-9H2,1-3H3. The smallest absolute Gasteiger partial charge is 0.227 e. The molecule has 0 amide bonds. The lowest BCUT2D eigenvalue weighted by atomic mass is 10.1. The summed E-state index contributed by atoms with van der Waals surface area (Å²) >= 11 is 0. The Kier molecular flexibility index (Phi) is 3.82. The third-order valence-electron chi connectivity index (χ3n) is 3.20. The first kappa shape index (κ1) is 12.6. The second kappa shape index (κ2) is 5.17. The summed E-state index contributed by atoms with van der Waals surface area (Å²) in [6, 6.07) is 0. The number of hydrogen-bond donors (Lipinski definition) is 1. The third kappa shape index (κ3) is 3.80. The Bertz CT molecular complexity index is 348. The Morgan fingerprint density at radius 3 is 2.65 bits per heavy atom. The summed E-state index contributed by atoms with van der Waals surface area (Å²) in [6.45, 7) is 7.36. The molecule has 2 rings (SSSR count). The average molecular weight is 237 g/mol. The molecule has 0 aliphatic heterocycles. The molecule has 17 heavy (non-hydrogen) atoms. The van der Waals surface area contributed by atoms with Gasteiger partial charge in [-0.25, -0.2) is 0 Å². The molecule has 1 N–H and O–H groups in total. The van der Waals surface area contributed by atoms with Gasteiger partial charge >= 0.3 is 0 Å². The van der Waals surface area contributed by atoms with Gasteiger partial charge in [0.05, 0.1) is 0 Å². The van der Waals surface area contributed by atoms with Crippen LogP contribution in [-0.4, -0.2) is 22.2 Å². The van der Waals surface area contributed by atoms with Gasteiger partial charge in [0.25, 0.3) is 0 Å². The van der Waals surface area contributed by atoms with Gasteiger partial charge in [-0.15, -0.1) is 0 Å². The summed E-state index contributed by atoms with van der Waals surface area (Å²) in [6.07, 6.45) is 5.87. The van der Waals surface area contributed by atoms with Crippen LogP contribution in [0.4, 0.5) is 0 Å². The van der Waals surface area contributed by atoms with E-state index in [1.165, 1.54) is 25.7 Å². The second-order valence-corrected chi connectivity index (χ2v) is 5.95. The van der Waals surface area contributed by atoms with E-state index in [1.54, 1.807) is 0 Å². The summed E-state index contributed by atoms with van der Waals surface area (Å²) in [4.78, 5) is 4.49. The Labute approximate surface area is 103 Å². The molecule has 1 aromatic rings. The summed E-state index contributed by atoms with van der Waals surface area (Å²) in [5, 5.41) is 7.52. The Morgan fingerprint density at radius 1 is 1.29 bits per heavy atom. The molecule has 1 aromatic heterocycles. The van der Waals surface area contributed by atoms with Crippen LogP contribution in [0.5, 0.6) is 0 Å². The zero-order valence-electron chi connectivity index (χ0n) is 11.1. The van der Waals surface area contributed by atoms with Gasteiger partial charge in [-0.2, -0.15) is 4.98 Å². The van der Waals surface area contributed by atoms with Crippen molar-refractivity contribution >= 4 is 0 Å². The first-order chi connectivity index (χ1) is 8.04. The highest BCUT2D eigenvalue weighted by atomic mass is 16.5. The zero-order chi connectivity index (χ0) is 12.3. The molecule has 4 heteroatoms. The van der Waals surface area contributed by atoms with Gasteiger partial charge in [0.15, 0.2) is 5.82 Å². The van der Waals surface area contributed by atoms with Crippen LogP contribution in [0, 0.1) is 0 Å². The molecule has 0 unspecified atom stereocenters. The van der Waals surface area contributed by atoms with Gasteiger partial charge in [0.2, 0.25) is 5.89 Å². The minimum Gasteiger partial charge on any atom is -0.339 e. The van der Waals surface area contributed by atoms with Crippen molar-refractivity contribution in [1.29, 1.82) is 0 Å². The van der Waals surface area contributed by atoms with Crippen molar-refractivity contribution in [3.63, 3.8) is 0 Å². The van der Waals surface area contributed by atoms with Crippen molar-refractivity contribution in [2.45, 2.75) is 64.3 Å². The first-order valence-electron chi connectivity index (χ1n) is 6.62. The van der Waals surface area contributed by atoms with Crippen LogP contribution < -0.4 is 5.32 Å². The van der Waals surface area contributed by atoms with E-state index in [0.717, 1.165) is 24.7 Å². The first-order valence-corrected chi connectivity index (χ1v) is 6.62. The van der Waals surface area contributed by atoms with Crippen LogP contribution in [0.15, 0.2) is 4.52 Å². The molecular weight excluding hydrogens is 214 g/mol. The van der Waals surface area contributed by atoms with Gasteiger partial charge in [0.1, 0.15) is 0 Å². The fourth-order valence-electron chi connectivity index (χ4n) is 2.26. The molecule has 0 spiro atoms. The van der Waals surface area contributed by atoms with E-state index in [4.69, 9.17) is 4.52 Å². The van der Waals surface area contributed by atoms with Crippen molar-refractivity contribution in [2.24, 2.45) is 0 Å². The molecule has 4 nitrogen and oxygen atoms in total. The van der Waals surface area contributed by atoms with Crippen LogP contribution in [0.3, 0.4) is 0 Å². The number of aromatic nitrogens is 2. The number of rotatable bonds is 4. The minimum atomic E-state index is 0.147. The van der Waals surface area contributed by atoms with Crippen molar-refractivity contribution in [3.8, 4) is 0 Å². The molecule has 1 heterocycles. The van der Waals surface area contributed by atoms with E-state index in [-0.39, 0.29) is 5.54 Å². The molecule has 1 fully saturated rings. The van der Waals surface area contributed by atoms with Gasteiger partial charge in [0, 0.05) is 24.4 Å². The van der Waals surface area contributed by atoms with E-state index in [0.29, 0.717) is 5.92 Å². The summed E-state index contributed by atoms with van der Waals surface area (Å²) in [5.74, 6) is 2.24. The van der Waals surface area contributed by atoms with Crippen LogP contribution in [0.1, 0.15) is 64.1 Å². The second-order valence-electron chi connectivity index (χ2n) is 5.95. The van der Waals surface area contributed by atoms with Crippen LogP contribution >= 0.6 is 0 Å². The summed E-state index contributed by atoms with van der Waals surface area (Å²) < 4.78 is 5.29. The molecule has 1 aliphatic rings. The third-order valence-corrected chi connectivity index (χ3v) is 3.20. The average Bonchev–Trinajstić information content (AvgIpc) is 2.83. The maximum atomic E-state index is 5.29. The van der Waals surface area contributed by atoms with E-state index >= 15 is 0 Å². The van der Waals surface area contributed by atoms with Crippen molar-refractivity contribution in [3.05, 3.63) is 11.7 Å². The maximum Gasteiger partial charge on any atom is 0.227 e. The number of nitrogens with one attached hydrogen (secondary N) is 1. The van der Waals surface area contributed by atoms with Gasteiger partial charge in [-0.3, -0.25) is 0 Å². The predicted molar refractivity (Wildman–Crippen MR) is 67.0 cm³/mol. The van der Waals surface area contributed by atoms with Crippen molar-refractivity contribution < 1.29 is 4.52 Å². The van der Waals surface area contributed by atoms with Crippen LogP contribution in [-0.2, 0) is 6.42 Å². The van der Waals surface area contributed by atoms with E-state index in [1.807, 2.05) is 0 Å². The molecule has 1 aliphatic carbocycles. The summed E-state index contributed by atoms with van der Waals surface area (Å²) in [7, 11) is 0. The molecule has 0 radical (unpaired) electrons. The Morgan fingerprint density at radius 2 is 2.00 bits per heavy atom. The zero-order valence-corrected chi connectivity index (χ0v) is 11.1. The monoisotopic (exact) mass is 237 g/mol. The van der Waals surface area contributed by atoms with Crippen molar-refractivity contribution in [1.82, 2.24) is 15.5 Å². The normalized spacial score (nSPS) is 17.8. The van der Waals surface area contributed by atoms with Crippen LogP contribution in [0.2, 0.25) is 0 Å². The fourth-order valence-corrected chi connectivity index (χ4v) is 2.26. The molecule has 0 atom stereocenters. The lowest BCUT2D eigenvalue weighted by molar-refractivity contribution is 0.356. The largest absolute Gasteiger partial charge is 0.339 e. The quantitative estimate of drug-likeness (QED) is 0.874. The lowest BCUT2D eigenvalue weighted by Crippen LogP contribution is -2.37. The fraction of sp³-hybridized carbons (Fsp3) is 0.846. The molecule has 96 valence electrons. The predicted octanol–water partition coefficient (Wildman–Crippen LogP) is 2.66. The maximum absolute atomic E-state index is 5.29.